The third kappa shape index (κ3) is 2.57. The number of nitrogens with zero attached hydrogens (tertiary/aromatic N) is 2. The number of amides is 1. The fourth-order valence-corrected chi connectivity index (χ4v) is 3.30. The van der Waals surface area contributed by atoms with Crippen molar-refractivity contribution in [3.8, 4) is 0 Å². The molecule has 0 radical (unpaired) electrons. The first-order chi connectivity index (χ1) is 9.48. The van der Waals surface area contributed by atoms with Crippen molar-refractivity contribution in [2.24, 2.45) is 5.92 Å². The van der Waals surface area contributed by atoms with E-state index in [-0.39, 0.29) is 5.91 Å². The molecule has 1 N–H and O–H groups in total. The molecule has 1 aliphatic carbocycles. The molecule has 20 heavy (non-hydrogen) atoms. The van der Waals surface area contributed by atoms with Crippen molar-refractivity contribution in [1.29, 1.82) is 0 Å². The summed E-state index contributed by atoms with van der Waals surface area (Å²) >= 11 is 0. The van der Waals surface area contributed by atoms with Crippen LogP contribution >= 0.6 is 0 Å². The van der Waals surface area contributed by atoms with Gasteiger partial charge >= 0.3 is 0 Å². The summed E-state index contributed by atoms with van der Waals surface area (Å²) in [4.78, 5) is 18.7. The Kier molecular flexibility index (Phi) is 3.28. The molecule has 108 valence electrons. The Balaban J connectivity index is 1.66. The summed E-state index contributed by atoms with van der Waals surface area (Å²) in [6.07, 6.45) is 3.72. The normalized spacial score (nSPS) is 21.9. The number of aromatic nitrogens is 1. The molecule has 1 amide bonds. The van der Waals surface area contributed by atoms with Gasteiger partial charge < -0.3 is 10.0 Å². The molecule has 2 heterocycles. The fourth-order valence-electron chi connectivity index (χ4n) is 3.30. The number of piperidine rings is 1. The lowest BCUT2D eigenvalue weighted by atomic mass is 9.89. The van der Waals surface area contributed by atoms with Gasteiger partial charge in [-0.15, -0.1) is 0 Å². The van der Waals surface area contributed by atoms with Crippen LogP contribution < -0.4 is 0 Å². The Morgan fingerprint density at radius 2 is 1.80 bits per heavy atom. The first-order valence-electron chi connectivity index (χ1n) is 7.45. The maximum atomic E-state index is 12.5. The molecule has 0 spiro atoms. The Bertz CT molecular complexity index is 509. The Morgan fingerprint density at radius 1 is 1.25 bits per heavy atom. The second-order valence-electron chi connectivity index (χ2n) is 6.31. The second kappa shape index (κ2) is 4.85. The summed E-state index contributed by atoms with van der Waals surface area (Å²) in [7, 11) is 0. The largest absolute Gasteiger partial charge is 0.390 e. The predicted molar refractivity (Wildman–Crippen MR) is 76.5 cm³/mol. The highest BCUT2D eigenvalue weighted by Gasteiger charge is 2.48. The van der Waals surface area contributed by atoms with Crippen molar-refractivity contribution in [1.82, 2.24) is 9.88 Å². The lowest BCUT2D eigenvalue weighted by molar-refractivity contribution is 0.0340. The highest BCUT2D eigenvalue weighted by molar-refractivity contribution is 5.94. The van der Waals surface area contributed by atoms with Gasteiger partial charge in [-0.2, -0.15) is 0 Å². The molecule has 0 unspecified atom stereocenters. The van der Waals surface area contributed by atoms with Crippen LogP contribution in [0.2, 0.25) is 0 Å². The average molecular weight is 274 g/mol. The van der Waals surface area contributed by atoms with Crippen LogP contribution in [0, 0.1) is 19.8 Å². The SMILES string of the molecule is Cc1cc(C(=O)N2CCC(C3(O)CC3)CC2)cc(C)n1. The average Bonchev–Trinajstić information content (AvgIpc) is 3.16. The van der Waals surface area contributed by atoms with E-state index in [1.165, 1.54) is 0 Å². The van der Waals surface area contributed by atoms with Gasteiger partial charge in [-0.05, 0) is 57.6 Å². The molecule has 0 aromatic carbocycles. The van der Waals surface area contributed by atoms with E-state index in [0.29, 0.717) is 5.92 Å². The van der Waals surface area contributed by atoms with E-state index in [4.69, 9.17) is 0 Å². The summed E-state index contributed by atoms with van der Waals surface area (Å²) in [6.45, 7) is 5.34. The maximum absolute atomic E-state index is 12.5. The lowest BCUT2D eigenvalue weighted by Crippen LogP contribution is -2.41. The van der Waals surface area contributed by atoms with Crippen LogP contribution in [0.15, 0.2) is 12.1 Å². The third-order valence-electron chi connectivity index (χ3n) is 4.63. The number of hydrogen-bond donors (Lipinski definition) is 1. The van der Waals surface area contributed by atoms with Gasteiger partial charge in [-0.1, -0.05) is 0 Å². The van der Waals surface area contributed by atoms with Crippen LogP contribution in [-0.2, 0) is 0 Å². The number of likely N-dealkylation sites (tertiary alicyclic amines) is 1. The van der Waals surface area contributed by atoms with E-state index in [0.717, 1.165) is 55.7 Å². The molecule has 2 fully saturated rings. The Morgan fingerprint density at radius 3 is 2.30 bits per heavy atom. The Hall–Kier alpha value is -1.42. The van der Waals surface area contributed by atoms with Gasteiger partial charge in [0, 0.05) is 30.0 Å². The zero-order chi connectivity index (χ0) is 14.3. The van der Waals surface area contributed by atoms with Gasteiger partial charge in [0.05, 0.1) is 5.60 Å². The topological polar surface area (TPSA) is 53.4 Å². The van der Waals surface area contributed by atoms with E-state index in [2.05, 4.69) is 4.98 Å². The van der Waals surface area contributed by atoms with Gasteiger partial charge in [0.1, 0.15) is 0 Å². The summed E-state index contributed by atoms with van der Waals surface area (Å²) in [5, 5.41) is 10.2. The second-order valence-corrected chi connectivity index (χ2v) is 6.31. The lowest BCUT2D eigenvalue weighted by Gasteiger charge is -2.34. The molecule has 1 saturated carbocycles. The van der Waals surface area contributed by atoms with Crippen LogP contribution in [0.4, 0.5) is 0 Å². The first kappa shape index (κ1) is 13.6. The summed E-state index contributed by atoms with van der Waals surface area (Å²) in [5.41, 5.74) is 2.10. The quantitative estimate of drug-likeness (QED) is 0.898. The smallest absolute Gasteiger partial charge is 0.253 e. The highest BCUT2D eigenvalue weighted by atomic mass is 16.3. The van der Waals surface area contributed by atoms with Gasteiger partial charge in [-0.25, -0.2) is 0 Å². The number of carbonyl (C=O) groups is 1. The number of carbonyl (C=O) groups excluding carboxylic acids is 1. The van der Waals surface area contributed by atoms with Gasteiger partial charge in [-0.3, -0.25) is 9.78 Å². The standard InChI is InChI=1S/C16H22N2O2/c1-11-9-13(10-12(2)17-11)15(19)18-7-3-14(4-8-18)16(20)5-6-16/h9-10,14,20H,3-8H2,1-2H3. The summed E-state index contributed by atoms with van der Waals surface area (Å²) in [5.74, 6) is 0.479. The van der Waals surface area contributed by atoms with Crippen molar-refractivity contribution in [2.75, 3.05) is 13.1 Å². The van der Waals surface area contributed by atoms with Crippen LogP contribution in [-0.4, -0.2) is 39.6 Å². The van der Waals surface area contributed by atoms with Crippen molar-refractivity contribution < 1.29 is 9.90 Å². The minimum absolute atomic E-state index is 0.0971. The van der Waals surface area contributed by atoms with E-state index in [1.54, 1.807) is 0 Å². The molecule has 1 aliphatic heterocycles. The number of hydrogen-bond acceptors (Lipinski definition) is 3. The molecule has 0 bridgehead atoms. The maximum Gasteiger partial charge on any atom is 0.253 e. The zero-order valence-corrected chi connectivity index (χ0v) is 12.2. The van der Waals surface area contributed by atoms with Crippen molar-refractivity contribution in [3.05, 3.63) is 29.1 Å². The molecule has 1 aromatic rings. The van der Waals surface area contributed by atoms with Gasteiger partial charge in [0.25, 0.3) is 5.91 Å². The number of rotatable bonds is 2. The molecular weight excluding hydrogens is 252 g/mol. The number of aliphatic hydroxyl groups is 1. The molecule has 2 aliphatic rings. The third-order valence-corrected chi connectivity index (χ3v) is 4.63. The zero-order valence-electron chi connectivity index (χ0n) is 12.2. The van der Waals surface area contributed by atoms with Crippen LogP contribution in [0.3, 0.4) is 0 Å². The minimum Gasteiger partial charge on any atom is -0.390 e. The van der Waals surface area contributed by atoms with Gasteiger partial charge in [0.2, 0.25) is 0 Å². The van der Waals surface area contributed by atoms with Crippen LogP contribution in [0.1, 0.15) is 47.4 Å². The highest BCUT2D eigenvalue weighted by Crippen LogP contribution is 2.46. The molecule has 3 rings (SSSR count). The number of pyridine rings is 1. The molecule has 1 saturated heterocycles. The van der Waals surface area contributed by atoms with Crippen molar-refractivity contribution in [2.45, 2.75) is 45.1 Å². The predicted octanol–water partition coefficient (Wildman–Crippen LogP) is 2.08. The minimum atomic E-state index is -0.404. The molecule has 4 heteroatoms. The van der Waals surface area contributed by atoms with E-state index < -0.39 is 5.60 Å². The fraction of sp³-hybridized carbons (Fsp3) is 0.625. The van der Waals surface area contributed by atoms with Crippen LogP contribution in [0.5, 0.6) is 0 Å². The monoisotopic (exact) mass is 274 g/mol. The Labute approximate surface area is 119 Å². The van der Waals surface area contributed by atoms with Crippen LogP contribution in [0.25, 0.3) is 0 Å². The summed E-state index contributed by atoms with van der Waals surface area (Å²) in [6, 6.07) is 3.71. The molecule has 1 aromatic heterocycles. The molecule has 0 atom stereocenters. The number of aryl methyl sites for hydroxylation is 2. The van der Waals surface area contributed by atoms with Crippen molar-refractivity contribution in [3.63, 3.8) is 0 Å². The molecule has 4 nitrogen and oxygen atoms in total. The van der Waals surface area contributed by atoms with E-state index in [9.17, 15) is 9.90 Å². The van der Waals surface area contributed by atoms with Gasteiger partial charge in [0.15, 0.2) is 0 Å². The van der Waals surface area contributed by atoms with Crippen molar-refractivity contribution >= 4 is 5.91 Å². The molecular formula is C16H22N2O2. The van der Waals surface area contributed by atoms with E-state index >= 15 is 0 Å². The summed E-state index contributed by atoms with van der Waals surface area (Å²) < 4.78 is 0. The van der Waals surface area contributed by atoms with E-state index in [1.807, 2.05) is 30.9 Å². The first-order valence-corrected chi connectivity index (χ1v) is 7.45.